The molecule has 0 radical (unpaired) electrons. The van der Waals surface area contributed by atoms with Gasteiger partial charge in [-0.3, -0.25) is 4.79 Å². The molecular formula is C12H26N2O. The third kappa shape index (κ3) is 5.17. The van der Waals surface area contributed by atoms with Gasteiger partial charge in [0, 0.05) is 13.6 Å². The largest absolute Gasteiger partial charge is 0.345 e. The maximum atomic E-state index is 11.7. The van der Waals surface area contributed by atoms with E-state index in [1.165, 1.54) is 12.8 Å². The van der Waals surface area contributed by atoms with Crippen LogP contribution < -0.4 is 5.32 Å². The van der Waals surface area contributed by atoms with Crippen molar-refractivity contribution in [2.24, 2.45) is 5.92 Å². The molecule has 0 fully saturated rings. The first-order chi connectivity index (χ1) is 7.06. The fourth-order valence-corrected chi connectivity index (χ4v) is 1.49. The molecule has 0 aromatic heterocycles. The van der Waals surface area contributed by atoms with E-state index in [1.54, 1.807) is 4.90 Å². The van der Waals surface area contributed by atoms with Crippen molar-refractivity contribution in [3.8, 4) is 0 Å². The van der Waals surface area contributed by atoms with Gasteiger partial charge in [-0.05, 0) is 26.3 Å². The van der Waals surface area contributed by atoms with Gasteiger partial charge in [0.05, 0.1) is 6.04 Å². The van der Waals surface area contributed by atoms with Crippen LogP contribution in [-0.2, 0) is 4.79 Å². The van der Waals surface area contributed by atoms with Gasteiger partial charge in [0.15, 0.2) is 0 Å². The van der Waals surface area contributed by atoms with Gasteiger partial charge in [0.1, 0.15) is 0 Å². The van der Waals surface area contributed by atoms with Crippen LogP contribution in [0.4, 0.5) is 0 Å². The minimum absolute atomic E-state index is 0.0597. The van der Waals surface area contributed by atoms with Crippen molar-refractivity contribution in [1.29, 1.82) is 0 Å². The number of amides is 1. The van der Waals surface area contributed by atoms with Gasteiger partial charge in [0.2, 0.25) is 5.91 Å². The monoisotopic (exact) mass is 214 g/mol. The number of likely N-dealkylation sites (N-methyl/N-ethyl adjacent to an activating group) is 1. The maximum Gasteiger partial charge on any atom is 0.239 e. The van der Waals surface area contributed by atoms with Crippen LogP contribution in [0.2, 0.25) is 0 Å². The third-order valence-corrected chi connectivity index (χ3v) is 3.09. The van der Waals surface area contributed by atoms with Crippen LogP contribution in [0, 0.1) is 5.92 Å². The van der Waals surface area contributed by atoms with Crippen LogP contribution in [-0.4, -0.2) is 37.0 Å². The number of carbonyl (C=O) groups is 1. The summed E-state index contributed by atoms with van der Waals surface area (Å²) in [6.45, 7) is 10.0. The van der Waals surface area contributed by atoms with Crippen molar-refractivity contribution in [3.63, 3.8) is 0 Å². The van der Waals surface area contributed by atoms with Crippen molar-refractivity contribution in [1.82, 2.24) is 10.2 Å². The fourth-order valence-electron chi connectivity index (χ4n) is 1.49. The summed E-state index contributed by atoms with van der Waals surface area (Å²) in [4.78, 5) is 13.5. The molecular weight excluding hydrogens is 188 g/mol. The van der Waals surface area contributed by atoms with Crippen LogP contribution >= 0.6 is 0 Å². The first-order valence-corrected chi connectivity index (χ1v) is 6.05. The van der Waals surface area contributed by atoms with Crippen LogP contribution in [0.25, 0.3) is 0 Å². The molecule has 0 aliphatic heterocycles. The second-order valence-electron chi connectivity index (χ2n) is 4.16. The molecule has 0 spiro atoms. The lowest BCUT2D eigenvalue weighted by Crippen LogP contribution is -2.44. The molecule has 3 nitrogen and oxygen atoms in total. The molecule has 1 unspecified atom stereocenters. The highest BCUT2D eigenvalue weighted by Gasteiger charge is 2.16. The van der Waals surface area contributed by atoms with E-state index in [1.807, 2.05) is 20.9 Å². The minimum Gasteiger partial charge on any atom is -0.345 e. The Labute approximate surface area is 94.2 Å². The predicted octanol–water partition coefficient (Wildman–Crippen LogP) is 1.88. The fraction of sp³-hybridized carbons (Fsp3) is 0.917. The number of hydrogen-bond donors (Lipinski definition) is 1. The van der Waals surface area contributed by atoms with Crippen LogP contribution in [0.5, 0.6) is 0 Å². The maximum absolute atomic E-state index is 11.7. The van der Waals surface area contributed by atoms with Gasteiger partial charge in [-0.15, -0.1) is 0 Å². The summed E-state index contributed by atoms with van der Waals surface area (Å²) < 4.78 is 0. The van der Waals surface area contributed by atoms with Crippen molar-refractivity contribution in [2.45, 2.75) is 46.6 Å². The lowest BCUT2D eigenvalue weighted by Gasteiger charge is -2.22. The third-order valence-electron chi connectivity index (χ3n) is 3.09. The van der Waals surface area contributed by atoms with Crippen molar-refractivity contribution in [2.75, 3.05) is 20.1 Å². The first kappa shape index (κ1) is 14.4. The summed E-state index contributed by atoms with van der Waals surface area (Å²) in [6, 6.07) is -0.0597. The molecule has 0 heterocycles. The number of nitrogens with zero attached hydrogens (tertiary/aromatic N) is 1. The minimum atomic E-state index is -0.0597. The molecule has 0 aliphatic rings. The molecule has 1 N–H and O–H groups in total. The van der Waals surface area contributed by atoms with Crippen LogP contribution in [0.1, 0.15) is 40.5 Å². The Bertz CT molecular complexity index is 178. The Hall–Kier alpha value is -0.570. The van der Waals surface area contributed by atoms with E-state index in [2.05, 4.69) is 19.2 Å². The Morgan fingerprint density at radius 2 is 1.80 bits per heavy atom. The van der Waals surface area contributed by atoms with Gasteiger partial charge in [-0.1, -0.05) is 26.7 Å². The summed E-state index contributed by atoms with van der Waals surface area (Å²) in [7, 11) is 1.84. The highest BCUT2D eigenvalue weighted by molar-refractivity contribution is 5.81. The molecule has 0 bridgehead atoms. The molecule has 15 heavy (non-hydrogen) atoms. The highest BCUT2D eigenvalue weighted by Crippen LogP contribution is 2.05. The van der Waals surface area contributed by atoms with E-state index in [0.29, 0.717) is 5.92 Å². The molecule has 0 aromatic rings. The molecule has 0 aromatic carbocycles. The van der Waals surface area contributed by atoms with Gasteiger partial charge >= 0.3 is 0 Å². The summed E-state index contributed by atoms with van der Waals surface area (Å²) in [5, 5.41) is 3.31. The Morgan fingerprint density at radius 1 is 1.27 bits per heavy atom. The van der Waals surface area contributed by atoms with Crippen LogP contribution in [0.15, 0.2) is 0 Å². The quantitative estimate of drug-likeness (QED) is 0.702. The highest BCUT2D eigenvalue weighted by atomic mass is 16.2. The molecule has 1 amide bonds. The van der Waals surface area contributed by atoms with Gasteiger partial charge in [0.25, 0.3) is 0 Å². The zero-order chi connectivity index (χ0) is 11.8. The van der Waals surface area contributed by atoms with Gasteiger partial charge in [-0.25, -0.2) is 0 Å². The summed E-state index contributed by atoms with van der Waals surface area (Å²) >= 11 is 0. The molecule has 0 saturated heterocycles. The van der Waals surface area contributed by atoms with E-state index < -0.39 is 0 Å². The number of hydrogen-bond acceptors (Lipinski definition) is 2. The predicted molar refractivity (Wildman–Crippen MR) is 64.8 cm³/mol. The number of carbonyl (C=O) groups excluding carboxylic acids is 1. The van der Waals surface area contributed by atoms with Gasteiger partial charge < -0.3 is 10.2 Å². The van der Waals surface area contributed by atoms with Crippen molar-refractivity contribution >= 4 is 5.91 Å². The molecule has 3 heteroatoms. The van der Waals surface area contributed by atoms with Gasteiger partial charge in [-0.2, -0.15) is 0 Å². The average molecular weight is 214 g/mol. The molecule has 1 atom stereocenters. The molecule has 0 rings (SSSR count). The van der Waals surface area contributed by atoms with Crippen molar-refractivity contribution < 1.29 is 4.79 Å². The zero-order valence-corrected chi connectivity index (χ0v) is 10.8. The Morgan fingerprint density at radius 3 is 2.20 bits per heavy atom. The first-order valence-electron chi connectivity index (χ1n) is 6.05. The number of nitrogens with one attached hydrogen (secondary N) is 1. The Balaban J connectivity index is 3.91. The zero-order valence-electron chi connectivity index (χ0n) is 10.8. The molecule has 0 aliphatic carbocycles. The summed E-state index contributed by atoms with van der Waals surface area (Å²) in [5.41, 5.74) is 0. The smallest absolute Gasteiger partial charge is 0.239 e. The summed E-state index contributed by atoms with van der Waals surface area (Å²) in [5.74, 6) is 0.871. The lowest BCUT2D eigenvalue weighted by atomic mass is 10.0. The van der Waals surface area contributed by atoms with E-state index in [4.69, 9.17) is 0 Å². The molecule has 0 saturated carbocycles. The average Bonchev–Trinajstić information content (AvgIpc) is 2.27. The standard InChI is InChI=1S/C12H26N2O/c1-6-11(7-2)9-13-10(4)12(15)14(5)8-3/h10-11,13H,6-9H2,1-5H3. The molecule has 90 valence electrons. The van der Waals surface area contributed by atoms with E-state index in [-0.39, 0.29) is 11.9 Å². The van der Waals surface area contributed by atoms with Crippen molar-refractivity contribution in [3.05, 3.63) is 0 Å². The van der Waals surface area contributed by atoms with Crippen LogP contribution in [0.3, 0.4) is 0 Å². The van der Waals surface area contributed by atoms with E-state index >= 15 is 0 Å². The normalized spacial score (nSPS) is 12.9. The Kier molecular flexibility index (Phi) is 7.39. The lowest BCUT2D eigenvalue weighted by molar-refractivity contribution is -0.131. The second-order valence-corrected chi connectivity index (χ2v) is 4.16. The topological polar surface area (TPSA) is 32.3 Å². The number of rotatable bonds is 7. The summed E-state index contributed by atoms with van der Waals surface area (Å²) in [6.07, 6.45) is 2.35. The van der Waals surface area contributed by atoms with E-state index in [9.17, 15) is 4.79 Å². The SMILES string of the molecule is CCC(CC)CNC(C)C(=O)N(C)CC. The second kappa shape index (κ2) is 7.69. The van der Waals surface area contributed by atoms with E-state index in [0.717, 1.165) is 13.1 Å².